The van der Waals surface area contributed by atoms with Crippen LogP contribution in [-0.4, -0.2) is 12.6 Å². The Labute approximate surface area is 77.1 Å². The molecule has 0 saturated heterocycles. The van der Waals surface area contributed by atoms with E-state index >= 15 is 0 Å². The number of esters is 1. The third-order valence-electron chi connectivity index (χ3n) is 2.05. The quantitative estimate of drug-likeness (QED) is 0.382. The summed E-state index contributed by atoms with van der Waals surface area (Å²) in [5, 5.41) is 0. The van der Waals surface area contributed by atoms with Gasteiger partial charge in [-0.2, -0.15) is 4.39 Å². The molecule has 0 bridgehead atoms. The Hall–Kier alpha value is -1.12. The molecule has 0 spiro atoms. The fourth-order valence-corrected chi connectivity index (χ4v) is 1.28. The van der Waals surface area contributed by atoms with Crippen LogP contribution in [-0.2, 0) is 9.53 Å². The Balaban J connectivity index is 2.22. The maximum Gasteiger partial charge on any atom is 0.366 e. The zero-order valence-corrected chi connectivity index (χ0v) is 7.46. The molecule has 1 atom stereocenters. The topological polar surface area (TPSA) is 26.3 Å². The lowest BCUT2D eigenvalue weighted by Crippen LogP contribution is -2.15. The summed E-state index contributed by atoms with van der Waals surface area (Å²) in [6.07, 6.45) is 7.09. The van der Waals surface area contributed by atoms with Gasteiger partial charge in [0.1, 0.15) is 0 Å². The summed E-state index contributed by atoms with van der Waals surface area (Å²) in [6.45, 7) is 3.16. The molecule has 0 fully saturated rings. The Morgan fingerprint density at radius 2 is 2.38 bits per heavy atom. The standard InChI is InChI=1S/C10H13FO2/c1-8(11)10(12)13-7-9-5-3-2-4-6-9/h2-3,9H,1,4-7H2. The van der Waals surface area contributed by atoms with E-state index in [-0.39, 0.29) is 0 Å². The molecule has 1 aliphatic carbocycles. The summed E-state index contributed by atoms with van der Waals surface area (Å²) >= 11 is 0. The first kappa shape index (κ1) is 9.96. The van der Waals surface area contributed by atoms with E-state index in [9.17, 15) is 9.18 Å². The lowest BCUT2D eigenvalue weighted by molar-refractivity contribution is -0.142. The summed E-state index contributed by atoms with van der Waals surface area (Å²) in [4.78, 5) is 10.7. The molecule has 2 nitrogen and oxygen atoms in total. The normalized spacial score (nSPS) is 21.2. The van der Waals surface area contributed by atoms with Crippen LogP contribution in [0.3, 0.4) is 0 Å². The molecule has 1 unspecified atom stereocenters. The first-order valence-electron chi connectivity index (χ1n) is 4.36. The molecule has 0 heterocycles. The molecule has 0 radical (unpaired) electrons. The highest BCUT2D eigenvalue weighted by molar-refractivity contribution is 5.85. The number of hydrogen-bond donors (Lipinski definition) is 0. The minimum Gasteiger partial charge on any atom is -0.460 e. The van der Waals surface area contributed by atoms with Crippen LogP contribution in [0.1, 0.15) is 19.3 Å². The summed E-state index contributed by atoms with van der Waals surface area (Å²) in [5.74, 6) is -1.62. The second kappa shape index (κ2) is 4.80. The van der Waals surface area contributed by atoms with Crippen molar-refractivity contribution >= 4 is 5.97 Å². The highest BCUT2D eigenvalue weighted by atomic mass is 19.1. The molecule has 0 amide bonds. The van der Waals surface area contributed by atoms with Gasteiger partial charge in [-0.1, -0.05) is 18.7 Å². The van der Waals surface area contributed by atoms with E-state index < -0.39 is 11.8 Å². The van der Waals surface area contributed by atoms with Crippen molar-refractivity contribution in [2.24, 2.45) is 5.92 Å². The van der Waals surface area contributed by atoms with E-state index in [1.54, 1.807) is 0 Å². The van der Waals surface area contributed by atoms with Crippen molar-refractivity contribution in [3.8, 4) is 0 Å². The Kier molecular flexibility index (Phi) is 3.68. The van der Waals surface area contributed by atoms with E-state index in [4.69, 9.17) is 4.74 Å². The van der Waals surface area contributed by atoms with Gasteiger partial charge in [0.2, 0.25) is 5.83 Å². The van der Waals surface area contributed by atoms with Gasteiger partial charge < -0.3 is 4.74 Å². The van der Waals surface area contributed by atoms with Crippen LogP contribution in [0.2, 0.25) is 0 Å². The number of carbonyl (C=O) groups is 1. The van der Waals surface area contributed by atoms with E-state index in [1.165, 1.54) is 0 Å². The molecule has 0 saturated carbocycles. The van der Waals surface area contributed by atoms with E-state index in [2.05, 4.69) is 18.7 Å². The van der Waals surface area contributed by atoms with Gasteiger partial charge in [-0.05, 0) is 25.2 Å². The highest BCUT2D eigenvalue weighted by Crippen LogP contribution is 2.18. The van der Waals surface area contributed by atoms with Crippen LogP contribution < -0.4 is 0 Å². The van der Waals surface area contributed by atoms with Crippen LogP contribution in [0.15, 0.2) is 24.6 Å². The van der Waals surface area contributed by atoms with Crippen LogP contribution in [0, 0.1) is 5.92 Å². The third kappa shape index (κ3) is 3.40. The first-order valence-corrected chi connectivity index (χ1v) is 4.36. The van der Waals surface area contributed by atoms with Gasteiger partial charge in [0.25, 0.3) is 0 Å². The van der Waals surface area contributed by atoms with Crippen LogP contribution in [0.25, 0.3) is 0 Å². The average molecular weight is 184 g/mol. The van der Waals surface area contributed by atoms with E-state index in [0.29, 0.717) is 12.5 Å². The second-order valence-corrected chi connectivity index (χ2v) is 3.15. The van der Waals surface area contributed by atoms with Gasteiger partial charge in [-0.25, -0.2) is 4.79 Å². The SMILES string of the molecule is C=C(F)C(=O)OCC1CC=CCC1. The molecule has 3 heteroatoms. The van der Waals surface area contributed by atoms with Crippen molar-refractivity contribution in [3.05, 3.63) is 24.6 Å². The largest absolute Gasteiger partial charge is 0.460 e. The highest BCUT2D eigenvalue weighted by Gasteiger charge is 2.13. The number of allylic oxidation sites excluding steroid dienone is 2. The monoisotopic (exact) mass is 184 g/mol. The van der Waals surface area contributed by atoms with E-state index in [0.717, 1.165) is 19.3 Å². The molecule has 0 aromatic heterocycles. The zero-order valence-electron chi connectivity index (χ0n) is 7.46. The lowest BCUT2D eigenvalue weighted by Gasteiger charge is -2.16. The van der Waals surface area contributed by atoms with Crippen molar-refractivity contribution < 1.29 is 13.9 Å². The van der Waals surface area contributed by atoms with Crippen molar-refractivity contribution in [1.29, 1.82) is 0 Å². The number of ether oxygens (including phenoxy) is 1. The van der Waals surface area contributed by atoms with Gasteiger partial charge in [0, 0.05) is 0 Å². The smallest absolute Gasteiger partial charge is 0.366 e. The fourth-order valence-electron chi connectivity index (χ4n) is 1.28. The minimum absolute atomic E-state index is 0.298. The molecule has 1 aliphatic rings. The number of halogens is 1. The van der Waals surface area contributed by atoms with Gasteiger partial charge in [-0.3, -0.25) is 0 Å². The summed E-state index contributed by atoms with van der Waals surface area (Å²) in [7, 11) is 0. The molecular formula is C10H13FO2. The second-order valence-electron chi connectivity index (χ2n) is 3.15. The van der Waals surface area contributed by atoms with Crippen LogP contribution in [0.5, 0.6) is 0 Å². The molecule has 13 heavy (non-hydrogen) atoms. The van der Waals surface area contributed by atoms with Gasteiger partial charge in [0.05, 0.1) is 6.61 Å². The van der Waals surface area contributed by atoms with E-state index in [1.807, 2.05) is 0 Å². The van der Waals surface area contributed by atoms with Gasteiger partial charge >= 0.3 is 5.97 Å². The number of rotatable bonds is 3. The predicted molar refractivity (Wildman–Crippen MR) is 47.7 cm³/mol. The molecule has 0 N–H and O–H groups in total. The molecular weight excluding hydrogens is 171 g/mol. The van der Waals surface area contributed by atoms with Crippen LogP contribution in [0.4, 0.5) is 4.39 Å². The predicted octanol–water partition coefficient (Wildman–Crippen LogP) is 2.37. The zero-order chi connectivity index (χ0) is 9.68. The van der Waals surface area contributed by atoms with Crippen molar-refractivity contribution in [1.82, 2.24) is 0 Å². The molecule has 0 aromatic rings. The summed E-state index contributed by atoms with van der Waals surface area (Å²) in [6, 6.07) is 0. The van der Waals surface area contributed by atoms with Crippen LogP contribution >= 0.6 is 0 Å². The first-order chi connectivity index (χ1) is 6.20. The molecule has 72 valence electrons. The lowest BCUT2D eigenvalue weighted by atomic mass is 9.95. The fraction of sp³-hybridized carbons (Fsp3) is 0.500. The third-order valence-corrected chi connectivity index (χ3v) is 2.05. The summed E-state index contributed by atoms with van der Waals surface area (Å²) < 4.78 is 16.9. The Morgan fingerprint density at radius 3 is 2.92 bits per heavy atom. The molecule has 0 aliphatic heterocycles. The average Bonchev–Trinajstić information content (AvgIpc) is 2.15. The Morgan fingerprint density at radius 1 is 1.62 bits per heavy atom. The van der Waals surface area contributed by atoms with Gasteiger partial charge in [0.15, 0.2) is 0 Å². The van der Waals surface area contributed by atoms with Crippen molar-refractivity contribution in [2.75, 3.05) is 6.61 Å². The van der Waals surface area contributed by atoms with Gasteiger partial charge in [-0.15, -0.1) is 0 Å². The van der Waals surface area contributed by atoms with Crippen molar-refractivity contribution in [3.63, 3.8) is 0 Å². The maximum atomic E-state index is 12.2. The molecule has 1 rings (SSSR count). The maximum absolute atomic E-state index is 12.2. The number of carbonyl (C=O) groups excluding carboxylic acids is 1. The number of hydrogen-bond acceptors (Lipinski definition) is 2. The summed E-state index contributed by atoms with van der Waals surface area (Å²) in [5.41, 5.74) is 0. The molecule has 0 aromatic carbocycles. The van der Waals surface area contributed by atoms with Crippen molar-refractivity contribution in [2.45, 2.75) is 19.3 Å². The minimum atomic E-state index is -1.02. The Bertz CT molecular complexity index is 233.